The number of rotatable bonds is 7. The Bertz CT molecular complexity index is 965. The molecule has 0 bridgehead atoms. The molecule has 146 valence electrons. The zero-order valence-electron chi connectivity index (χ0n) is 16.0. The molecule has 0 aliphatic heterocycles. The first kappa shape index (κ1) is 19.8. The number of aromatic nitrogens is 3. The Hall–Kier alpha value is -3.00. The molecular weight excluding hydrogens is 376 g/mol. The first-order valence-corrected chi connectivity index (χ1v) is 9.82. The highest BCUT2D eigenvalue weighted by Crippen LogP contribution is 2.24. The number of anilines is 1. The van der Waals surface area contributed by atoms with Crippen LogP contribution in [0.1, 0.15) is 24.7 Å². The quantitative estimate of drug-likeness (QED) is 0.615. The van der Waals surface area contributed by atoms with Gasteiger partial charge >= 0.3 is 5.97 Å². The van der Waals surface area contributed by atoms with Crippen LogP contribution in [-0.2, 0) is 20.9 Å². The van der Waals surface area contributed by atoms with Gasteiger partial charge in [-0.15, -0.1) is 11.3 Å². The van der Waals surface area contributed by atoms with Crippen LogP contribution >= 0.6 is 11.3 Å². The molecule has 3 aromatic rings. The van der Waals surface area contributed by atoms with Crippen LogP contribution in [0.15, 0.2) is 41.8 Å². The lowest BCUT2D eigenvalue weighted by atomic mass is 10.2. The van der Waals surface area contributed by atoms with Crippen LogP contribution in [-0.4, -0.2) is 32.7 Å². The molecule has 3 rings (SSSR count). The summed E-state index contributed by atoms with van der Waals surface area (Å²) >= 11 is 1.33. The molecule has 1 atom stereocenters. The van der Waals surface area contributed by atoms with Crippen molar-refractivity contribution in [2.45, 2.75) is 39.8 Å². The van der Waals surface area contributed by atoms with Crippen molar-refractivity contribution in [1.29, 1.82) is 0 Å². The van der Waals surface area contributed by atoms with Gasteiger partial charge < -0.3 is 4.74 Å². The summed E-state index contributed by atoms with van der Waals surface area (Å²) in [4.78, 5) is 28.7. The largest absolute Gasteiger partial charge is 0.452 e. The number of amides is 1. The van der Waals surface area contributed by atoms with Gasteiger partial charge in [0.05, 0.1) is 24.4 Å². The third kappa shape index (κ3) is 5.04. The zero-order chi connectivity index (χ0) is 20.1. The number of thiazole rings is 1. The van der Waals surface area contributed by atoms with E-state index in [-0.39, 0.29) is 6.42 Å². The number of esters is 1. The van der Waals surface area contributed by atoms with Gasteiger partial charge in [-0.1, -0.05) is 30.3 Å². The van der Waals surface area contributed by atoms with Gasteiger partial charge in [0.25, 0.3) is 5.91 Å². The molecule has 0 aliphatic carbocycles. The predicted molar refractivity (Wildman–Crippen MR) is 108 cm³/mol. The van der Waals surface area contributed by atoms with E-state index in [2.05, 4.69) is 15.4 Å². The fourth-order valence-corrected chi connectivity index (χ4v) is 3.41. The Kier molecular flexibility index (Phi) is 6.20. The second kappa shape index (κ2) is 8.79. The molecule has 8 heteroatoms. The number of nitrogens with one attached hydrogen (secondary N) is 1. The molecule has 1 N–H and O–H groups in total. The number of hydrogen-bond donors (Lipinski definition) is 1. The Morgan fingerprint density at radius 3 is 2.68 bits per heavy atom. The van der Waals surface area contributed by atoms with Gasteiger partial charge in [-0.25, -0.2) is 4.98 Å². The minimum absolute atomic E-state index is 0.148. The van der Waals surface area contributed by atoms with Crippen molar-refractivity contribution in [3.8, 4) is 11.3 Å². The van der Waals surface area contributed by atoms with Crippen molar-refractivity contribution in [3.63, 3.8) is 0 Å². The summed E-state index contributed by atoms with van der Waals surface area (Å²) in [5.41, 5.74) is 3.64. The highest BCUT2D eigenvalue weighted by atomic mass is 32.1. The van der Waals surface area contributed by atoms with Crippen LogP contribution in [0.5, 0.6) is 0 Å². The predicted octanol–water partition coefficient (Wildman–Crippen LogP) is 3.58. The molecule has 0 saturated carbocycles. The van der Waals surface area contributed by atoms with E-state index >= 15 is 0 Å². The molecule has 0 fully saturated rings. The van der Waals surface area contributed by atoms with E-state index in [4.69, 9.17) is 4.74 Å². The number of carbonyl (C=O) groups excluding carboxylic acids is 2. The molecule has 1 aromatic carbocycles. The van der Waals surface area contributed by atoms with Crippen molar-refractivity contribution < 1.29 is 14.3 Å². The summed E-state index contributed by atoms with van der Waals surface area (Å²) in [7, 11) is 0. The van der Waals surface area contributed by atoms with E-state index in [1.165, 1.54) is 11.3 Å². The maximum Gasteiger partial charge on any atom is 0.308 e. The van der Waals surface area contributed by atoms with Crippen LogP contribution in [0, 0.1) is 13.8 Å². The lowest BCUT2D eigenvalue weighted by molar-refractivity contribution is -0.153. The van der Waals surface area contributed by atoms with Crippen molar-refractivity contribution >= 4 is 28.3 Å². The van der Waals surface area contributed by atoms with Gasteiger partial charge in [0.1, 0.15) is 0 Å². The van der Waals surface area contributed by atoms with Gasteiger partial charge in [0.2, 0.25) is 0 Å². The minimum Gasteiger partial charge on any atom is -0.452 e. The number of carbonyl (C=O) groups is 2. The standard InChI is InChI=1S/C20H22N4O3S/c1-13-11-14(2)24(23-13)10-9-18(25)27-15(3)19(26)22-20-21-17(12-28-20)16-7-5-4-6-8-16/h4-8,11-12,15H,9-10H2,1-3H3,(H,21,22,26). The summed E-state index contributed by atoms with van der Waals surface area (Å²) < 4.78 is 6.98. The van der Waals surface area contributed by atoms with Crippen molar-refractivity contribution in [2.75, 3.05) is 5.32 Å². The molecule has 7 nitrogen and oxygen atoms in total. The SMILES string of the molecule is Cc1cc(C)n(CCC(=O)OC(C)C(=O)Nc2nc(-c3ccccc3)cs2)n1. The van der Waals surface area contributed by atoms with E-state index in [0.29, 0.717) is 11.7 Å². The summed E-state index contributed by atoms with van der Waals surface area (Å²) in [6.45, 7) is 5.79. The maximum absolute atomic E-state index is 12.3. The smallest absolute Gasteiger partial charge is 0.308 e. The van der Waals surface area contributed by atoms with Crippen molar-refractivity contribution in [3.05, 3.63) is 53.2 Å². The first-order valence-electron chi connectivity index (χ1n) is 8.94. The van der Waals surface area contributed by atoms with E-state index in [9.17, 15) is 9.59 Å². The molecule has 0 radical (unpaired) electrons. The number of nitrogens with zero attached hydrogens (tertiary/aromatic N) is 3. The number of hydrogen-bond acceptors (Lipinski definition) is 6. The Morgan fingerprint density at radius 2 is 2.00 bits per heavy atom. The van der Waals surface area contributed by atoms with Crippen LogP contribution < -0.4 is 5.32 Å². The van der Waals surface area contributed by atoms with Crippen LogP contribution in [0.4, 0.5) is 5.13 Å². The van der Waals surface area contributed by atoms with Gasteiger partial charge in [-0.3, -0.25) is 19.6 Å². The first-order chi connectivity index (χ1) is 13.4. The summed E-state index contributed by atoms with van der Waals surface area (Å²) in [6, 6.07) is 11.6. The monoisotopic (exact) mass is 398 g/mol. The van der Waals surface area contributed by atoms with Gasteiger partial charge in [-0.2, -0.15) is 5.10 Å². The topological polar surface area (TPSA) is 86.1 Å². The van der Waals surface area contributed by atoms with E-state index in [1.54, 1.807) is 11.6 Å². The summed E-state index contributed by atoms with van der Waals surface area (Å²) in [6.07, 6.45) is -0.758. The number of aryl methyl sites for hydroxylation is 3. The number of benzene rings is 1. The average Bonchev–Trinajstić information content (AvgIpc) is 3.26. The molecule has 0 saturated heterocycles. The Labute approximate surface area is 167 Å². The summed E-state index contributed by atoms with van der Waals surface area (Å²) in [5.74, 6) is -0.854. The fourth-order valence-electron chi connectivity index (χ4n) is 2.69. The molecule has 28 heavy (non-hydrogen) atoms. The molecular formula is C20H22N4O3S. The van der Waals surface area contributed by atoms with Crippen LogP contribution in [0.3, 0.4) is 0 Å². The van der Waals surface area contributed by atoms with Gasteiger partial charge in [-0.05, 0) is 26.8 Å². The molecule has 0 spiro atoms. The average molecular weight is 398 g/mol. The van der Waals surface area contributed by atoms with Gasteiger partial charge in [0.15, 0.2) is 11.2 Å². The van der Waals surface area contributed by atoms with Crippen molar-refractivity contribution in [1.82, 2.24) is 14.8 Å². The third-order valence-corrected chi connectivity index (χ3v) is 4.87. The van der Waals surface area contributed by atoms with Crippen molar-refractivity contribution in [2.24, 2.45) is 0 Å². The second-order valence-corrected chi connectivity index (χ2v) is 7.28. The Morgan fingerprint density at radius 1 is 1.25 bits per heavy atom. The highest BCUT2D eigenvalue weighted by molar-refractivity contribution is 7.14. The molecule has 2 aromatic heterocycles. The number of ether oxygens (including phenoxy) is 1. The van der Waals surface area contributed by atoms with E-state index in [1.807, 2.05) is 55.6 Å². The van der Waals surface area contributed by atoms with Crippen LogP contribution in [0.25, 0.3) is 11.3 Å². The highest BCUT2D eigenvalue weighted by Gasteiger charge is 2.19. The lowest BCUT2D eigenvalue weighted by Crippen LogP contribution is -2.30. The third-order valence-electron chi connectivity index (χ3n) is 4.11. The zero-order valence-corrected chi connectivity index (χ0v) is 16.8. The molecule has 1 amide bonds. The Balaban J connectivity index is 1.50. The molecule has 2 heterocycles. The lowest BCUT2D eigenvalue weighted by Gasteiger charge is -2.12. The minimum atomic E-state index is -0.906. The van der Waals surface area contributed by atoms with Gasteiger partial charge in [0, 0.05) is 16.6 Å². The van der Waals surface area contributed by atoms with Crippen LogP contribution in [0.2, 0.25) is 0 Å². The van der Waals surface area contributed by atoms with E-state index in [0.717, 1.165) is 22.6 Å². The summed E-state index contributed by atoms with van der Waals surface area (Å²) in [5, 5.41) is 9.34. The van der Waals surface area contributed by atoms with E-state index < -0.39 is 18.0 Å². The maximum atomic E-state index is 12.3. The normalized spacial score (nSPS) is 11.8. The fraction of sp³-hybridized carbons (Fsp3) is 0.300. The second-order valence-electron chi connectivity index (χ2n) is 6.43. The molecule has 0 aliphatic rings. The molecule has 1 unspecified atom stereocenters.